The van der Waals surface area contributed by atoms with Gasteiger partial charge < -0.3 is 9.63 Å². The highest BCUT2D eigenvalue weighted by atomic mass is 16.5. The van der Waals surface area contributed by atoms with E-state index in [2.05, 4.69) is 14.7 Å². The first-order valence-electron chi connectivity index (χ1n) is 3.95. The molecule has 1 heterocycles. The summed E-state index contributed by atoms with van der Waals surface area (Å²) in [7, 11) is 0. The first kappa shape index (κ1) is 9.15. The number of aromatic nitrogens is 2. The van der Waals surface area contributed by atoms with Crippen molar-refractivity contribution in [3.05, 3.63) is 12.2 Å². The summed E-state index contributed by atoms with van der Waals surface area (Å²) in [5.41, 5.74) is 0. The van der Waals surface area contributed by atoms with Gasteiger partial charge in [0.25, 0.3) is 0 Å². The molecule has 1 N–H and O–H groups in total. The van der Waals surface area contributed by atoms with Crippen LogP contribution in [0.5, 0.6) is 0 Å². The molecule has 0 aliphatic rings. The monoisotopic (exact) mass is 171 g/mol. The Morgan fingerprint density at radius 3 is 3.00 bits per heavy atom. The van der Waals surface area contributed by atoms with Crippen molar-refractivity contribution in [2.75, 3.05) is 19.7 Å². The molecule has 0 amide bonds. The van der Waals surface area contributed by atoms with E-state index in [-0.39, 0.29) is 6.61 Å². The molecule has 0 radical (unpaired) electrons. The molecule has 1 rings (SSSR count). The zero-order valence-corrected chi connectivity index (χ0v) is 7.10. The molecule has 5 nitrogen and oxygen atoms in total. The van der Waals surface area contributed by atoms with Gasteiger partial charge in [0.05, 0.1) is 13.2 Å². The Labute approximate surface area is 71.0 Å². The van der Waals surface area contributed by atoms with Gasteiger partial charge in [0.1, 0.15) is 0 Å². The van der Waals surface area contributed by atoms with Crippen LogP contribution < -0.4 is 0 Å². The maximum atomic E-state index is 8.69. The summed E-state index contributed by atoms with van der Waals surface area (Å²) < 4.78 is 4.59. The number of aliphatic hydroxyl groups excluding tert-OH is 1. The minimum atomic E-state index is 0.158. The molecular weight excluding hydrogens is 158 g/mol. The van der Waals surface area contributed by atoms with E-state index in [1.165, 1.54) is 6.39 Å². The molecule has 0 saturated carbocycles. The third-order valence-electron chi connectivity index (χ3n) is 1.64. The second-order valence-electron chi connectivity index (χ2n) is 2.44. The van der Waals surface area contributed by atoms with Crippen molar-refractivity contribution in [2.24, 2.45) is 0 Å². The van der Waals surface area contributed by atoms with Gasteiger partial charge in [-0.3, -0.25) is 4.90 Å². The van der Waals surface area contributed by atoms with Gasteiger partial charge in [-0.2, -0.15) is 4.98 Å². The van der Waals surface area contributed by atoms with Crippen LogP contribution in [-0.4, -0.2) is 39.8 Å². The number of rotatable bonds is 5. The van der Waals surface area contributed by atoms with E-state index in [4.69, 9.17) is 5.11 Å². The molecule has 68 valence electrons. The Bertz CT molecular complexity index is 200. The lowest BCUT2D eigenvalue weighted by Gasteiger charge is -2.15. The van der Waals surface area contributed by atoms with Gasteiger partial charge in [-0.25, -0.2) is 0 Å². The molecule has 0 fully saturated rings. The molecule has 0 unspecified atom stereocenters. The van der Waals surface area contributed by atoms with E-state index >= 15 is 0 Å². The highest BCUT2D eigenvalue weighted by molar-refractivity contribution is 4.77. The van der Waals surface area contributed by atoms with Crippen LogP contribution in [0.2, 0.25) is 0 Å². The van der Waals surface area contributed by atoms with Gasteiger partial charge in [-0.15, -0.1) is 0 Å². The minimum absolute atomic E-state index is 0.158. The van der Waals surface area contributed by atoms with Gasteiger partial charge in [0.2, 0.25) is 6.39 Å². The van der Waals surface area contributed by atoms with Crippen molar-refractivity contribution in [1.82, 2.24) is 15.0 Å². The lowest BCUT2D eigenvalue weighted by atomic mass is 10.4. The van der Waals surface area contributed by atoms with Crippen LogP contribution in [0.25, 0.3) is 0 Å². The summed E-state index contributed by atoms with van der Waals surface area (Å²) in [4.78, 5) is 5.92. The smallest absolute Gasteiger partial charge is 0.213 e. The summed E-state index contributed by atoms with van der Waals surface area (Å²) in [5.74, 6) is 0.658. The molecule has 0 aliphatic heterocycles. The molecule has 0 aromatic carbocycles. The third kappa shape index (κ3) is 2.60. The van der Waals surface area contributed by atoms with Gasteiger partial charge in [0, 0.05) is 6.54 Å². The van der Waals surface area contributed by atoms with Crippen molar-refractivity contribution >= 4 is 0 Å². The lowest BCUT2D eigenvalue weighted by molar-refractivity contribution is 0.192. The van der Waals surface area contributed by atoms with Gasteiger partial charge >= 0.3 is 0 Å². The van der Waals surface area contributed by atoms with E-state index in [9.17, 15) is 0 Å². The van der Waals surface area contributed by atoms with Crippen LogP contribution in [-0.2, 0) is 6.54 Å². The Kier molecular flexibility index (Phi) is 3.69. The highest BCUT2D eigenvalue weighted by Gasteiger charge is 2.05. The summed E-state index contributed by atoms with van der Waals surface area (Å²) in [6.45, 7) is 4.33. The second kappa shape index (κ2) is 4.84. The number of hydrogen-bond acceptors (Lipinski definition) is 5. The second-order valence-corrected chi connectivity index (χ2v) is 2.44. The number of aliphatic hydroxyl groups is 1. The zero-order valence-electron chi connectivity index (χ0n) is 7.10. The fourth-order valence-corrected chi connectivity index (χ4v) is 0.952. The summed E-state index contributed by atoms with van der Waals surface area (Å²) in [6, 6.07) is 0. The zero-order chi connectivity index (χ0) is 8.81. The Morgan fingerprint density at radius 1 is 1.67 bits per heavy atom. The minimum Gasteiger partial charge on any atom is -0.395 e. The SMILES string of the molecule is CCN(CCO)Cc1ncon1. The van der Waals surface area contributed by atoms with Crippen LogP contribution in [0.3, 0.4) is 0 Å². The van der Waals surface area contributed by atoms with Crippen molar-refractivity contribution < 1.29 is 9.63 Å². The van der Waals surface area contributed by atoms with E-state index in [1.807, 2.05) is 11.8 Å². The third-order valence-corrected chi connectivity index (χ3v) is 1.64. The Hall–Kier alpha value is -0.940. The normalized spacial score (nSPS) is 10.9. The maximum absolute atomic E-state index is 8.69. The molecule has 0 saturated heterocycles. The fourth-order valence-electron chi connectivity index (χ4n) is 0.952. The van der Waals surface area contributed by atoms with Gasteiger partial charge in [-0.1, -0.05) is 12.1 Å². The van der Waals surface area contributed by atoms with E-state index in [0.29, 0.717) is 18.9 Å². The Morgan fingerprint density at radius 2 is 2.50 bits per heavy atom. The van der Waals surface area contributed by atoms with E-state index < -0.39 is 0 Å². The van der Waals surface area contributed by atoms with Crippen molar-refractivity contribution in [1.29, 1.82) is 0 Å². The molecule has 0 atom stereocenters. The first-order chi connectivity index (χ1) is 5.86. The molecule has 5 heteroatoms. The topological polar surface area (TPSA) is 62.4 Å². The molecule has 12 heavy (non-hydrogen) atoms. The molecular formula is C7H13N3O2. The van der Waals surface area contributed by atoms with E-state index in [1.54, 1.807) is 0 Å². The molecule has 1 aromatic heterocycles. The lowest BCUT2D eigenvalue weighted by Crippen LogP contribution is -2.26. The van der Waals surface area contributed by atoms with Crippen LogP contribution in [0.4, 0.5) is 0 Å². The maximum Gasteiger partial charge on any atom is 0.213 e. The number of hydrogen-bond donors (Lipinski definition) is 1. The van der Waals surface area contributed by atoms with Crippen LogP contribution in [0.15, 0.2) is 10.9 Å². The molecule has 0 spiro atoms. The first-order valence-corrected chi connectivity index (χ1v) is 3.95. The quantitative estimate of drug-likeness (QED) is 0.669. The van der Waals surface area contributed by atoms with Crippen LogP contribution in [0.1, 0.15) is 12.7 Å². The Balaban J connectivity index is 2.37. The predicted molar refractivity (Wildman–Crippen MR) is 42.3 cm³/mol. The number of likely N-dealkylation sites (N-methyl/N-ethyl adjacent to an activating group) is 1. The standard InChI is InChI=1S/C7H13N3O2/c1-2-10(3-4-11)5-7-8-6-12-9-7/h6,11H,2-5H2,1H3. The van der Waals surface area contributed by atoms with Crippen molar-refractivity contribution in [3.63, 3.8) is 0 Å². The predicted octanol–water partition coefficient (Wildman–Crippen LogP) is -0.116. The molecule has 0 bridgehead atoms. The van der Waals surface area contributed by atoms with Crippen LogP contribution >= 0.6 is 0 Å². The van der Waals surface area contributed by atoms with Gasteiger partial charge in [-0.05, 0) is 6.54 Å². The summed E-state index contributed by atoms with van der Waals surface area (Å²) in [6.07, 6.45) is 1.31. The van der Waals surface area contributed by atoms with Crippen LogP contribution in [0, 0.1) is 0 Å². The average molecular weight is 171 g/mol. The van der Waals surface area contributed by atoms with Gasteiger partial charge in [0.15, 0.2) is 5.82 Å². The summed E-state index contributed by atoms with van der Waals surface area (Å²) >= 11 is 0. The highest BCUT2D eigenvalue weighted by Crippen LogP contribution is 1.96. The van der Waals surface area contributed by atoms with Crippen molar-refractivity contribution in [2.45, 2.75) is 13.5 Å². The largest absolute Gasteiger partial charge is 0.395 e. The van der Waals surface area contributed by atoms with E-state index in [0.717, 1.165) is 6.54 Å². The summed E-state index contributed by atoms with van der Waals surface area (Å²) in [5, 5.41) is 12.4. The molecule has 1 aromatic rings. The van der Waals surface area contributed by atoms with Crippen molar-refractivity contribution in [3.8, 4) is 0 Å². The number of nitrogens with zero attached hydrogens (tertiary/aromatic N) is 3. The fraction of sp³-hybridized carbons (Fsp3) is 0.714. The average Bonchev–Trinajstić information content (AvgIpc) is 2.56. The molecule has 0 aliphatic carbocycles.